The van der Waals surface area contributed by atoms with Gasteiger partial charge >= 0.3 is 18.1 Å². The Labute approximate surface area is 178 Å². The van der Waals surface area contributed by atoms with Crippen LogP contribution < -0.4 is 0 Å². The molecule has 0 saturated heterocycles. The highest BCUT2D eigenvalue weighted by molar-refractivity contribution is 5.89. The van der Waals surface area contributed by atoms with Crippen molar-refractivity contribution in [2.24, 2.45) is 10.8 Å². The van der Waals surface area contributed by atoms with E-state index in [1.165, 1.54) is 13.8 Å². The summed E-state index contributed by atoms with van der Waals surface area (Å²) in [6.45, 7) is 21.1. The van der Waals surface area contributed by atoms with E-state index in [2.05, 4.69) is 22.9 Å². The zero-order chi connectivity index (χ0) is 23.7. The summed E-state index contributed by atoms with van der Waals surface area (Å²) in [4.78, 5) is 54.3. The first-order chi connectivity index (χ1) is 13.7. The van der Waals surface area contributed by atoms with Gasteiger partial charge in [-0.25, -0.2) is 14.4 Å². The molecule has 9 nitrogen and oxygen atoms in total. The van der Waals surface area contributed by atoms with Gasteiger partial charge in [0.05, 0.1) is 0 Å². The summed E-state index contributed by atoms with van der Waals surface area (Å²) in [5, 5.41) is 0. The van der Waals surface area contributed by atoms with E-state index in [0.29, 0.717) is 12.8 Å². The maximum atomic E-state index is 11.9. The van der Waals surface area contributed by atoms with E-state index >= 15 is 0 Å². The van der Waals surface area contributed by atoms with Gasteiger partial charge in [-0.3, -0.25) is 9.78 Å². The summed E-state index contributed by atoms with van der Waals surface area (Å²) >= 11 is 0. The number of carbonyl (C=O) groups is 3. The lowest BCUT2D eigenvalue weighted by Crippen LogP contribution is -2.28. The van der Waals surface area contributed by atoms with E-state index in [1.54, 1.807) is 0 Å². The van der Waals surface area contributed by atoms with E-state index in [-0.39, 0.29) is 11.1 Å². The third-order valence-electron chi connectivity index (χ3n) is 4.94. The van der Waals surface area contributed by atoms with Crippen molar-refractivity contribution in [3.63, 3.8) is 0 Å². The zero-order valence-electron chi connectivity index (χ0n) is 19.2. The highest BCUT2D eigenvalue weighted by Crippen LogP contribution is 2.30. The summed E-state index contributed by atoms with van der Waals surface area (Å²) in [7, 11) is 0. The third-order valence-corrected chi connectivity index (χ3v) is 4.94. The fraction of sp³-hybridized carbons (Fsp3) is 0.667. The van der Waals surface area contributed by atoms with Gasteiger partial charge in [0.2, 0.25) is 12.6 Å². The lowest BCUT2D eigenvalue weighted by molar-refractivity contribution is -0.351. The predicted octanol–water partition coefficient (Wildman–Crippen LogP) is 4.77. The van der Waals surface area contributed by atoms with Gasteiger partial charge in [0.1, 0.15) is 0 Å². The molecule has 0 rings (SSSR count). The maximum absolute atomic E-state index is 11.9. The summed E-state index contributed by atoms with van der Waals surface area (Å²) in [6, 6.07) is 0. The largest absolute Gasteiger partial charge is 0.513 e. The molecule has 0 heterocycles. The number of ether oxygens (including phenoxy) is 2. The molecular weight excluding hydrogens is 396 g/mol. The van der Waals surface area contributed by atoms with Crippen LogP contribution in [0.5, 0.6) is 0 Å². The van der Waals surface area contributed by atoms with E-state index in [9.17, 15) is 14.4 Å². The molecule has 172 valence electrons. The van der Waals surface area contributed by atoms with Gasteiger partial charge in [-0.05, 0) is 23.7 Å². The number of carbonyl (C=O) groups excluding carboxylic acids is 3. The number of rotatable bonds is 12. The first kappa shape index (κ1) is 27.6. The Morgan fingerprint density at radius 2 is 1.03 bits per heavy atom. The predicted molar refractivity (Wildman–Crippen MR) is 107 cm³/mol. The Balaban J connectivity index is 4.37. The molecular formula is C21H34O9. The maximum Gasteiger partial charge on any atom is 0.513 e. The van der Waals surface area contributed by atoms with Gasteiger partial charge in [0.15, 0.2) is 0 Å². The smallest absolute Gasteiger partial charge is 0.401 e. The molecule has 2 unspecified atom stereocenters. The van der Waals surface area contributed by atoms with Crippen LogP contribution in [0, 0.1) is 10.8 Å². The van der Waals surface area contributed by atoms with Crippen LogP contribution in [0.1, 0.15) is 68.2 Å². The lowest BCUT2D eigenvalue weighted by atomic mass is 9.83. The van der Waals surface area contributed by atoms with Crippen molar-refractivity contribution in [3.8, 4) is 0 Å². The van der Waals surface area contributed by atoms with Crippen molar-refractivity contribution < 1.29 is 43.4 Å². The normalized spacial score (nSPS) is 13.6. The summed E-state index contributed by atoms with van der Waals surface area (Å²) in [6.07, 6.45) is -2.38. The first-order valence-electron chi connectivity index (χ1n) is 9.69. The van der Waals surface area contributed by atoms with Crippen LogP contribution in [-0.4, -0.2) is 30.7 Å². The first-order valence-corrected chi connectivity index (χ1v) is 9.69. The second kappa shape index (κ2) is 11.7. The molecule has 0 spiro atoms. The van der Waals surface area contributed by atoms with Gasteiger partial charge in [-0.1, -0.05) is 54.7 Å². The molecule has 0 N–H and O–H groups in total. The van der Waals surface area contributed by atoms with Crippen LogP contribution in [0.3, 0.4) is 0 Å². The second-order valence-electron chi connectivity index (χ2n) is 7.99. The molecule has 0 bridgehead atoms. The average molecular weight is 430 g/mol. The van der Waals surface area contributed by atoms with Crippen molar-refractivity contribution >= 4 is 18.1 Å². The molecule has 0 aliphatic rings. The monoisotopic (exact) mass is 430 g/mol. The Morgan fingerprint density at radius 3 is 1.30 bits per heavy atom. The van der Waals surface area contributed by atoms with Crippen molar-refractivity contribution in [2.45, 2.75) is 80.8 Å². The Kier molecular flexibility index (Phi) is 10.8. The van der Waals surface area contributed by atoms with E-state index < -0.39 is 41.5 Å². The van der Waals surface area contributed by atoms with Gasteiger partial charge in [-0.2, -0.15) is 0 Å². The summed E-state index contributed by atoms with van der Waals surface area (Å²) < 4.78 is 9.52. The summed E-state index contributed by atoms with van der Waals surface area (Å²) in [5.74, 6) is -1.55. The quantitative estimate of drug-likeness (QED) is 0.142. The molecule has 0 aromatic rings. The van der Waals surface area contributed by atoms with Gasteiger partial charge in [0.25, 0.3) is 0 Å². The fourth-order valence-electron chi connectivity index (χ4n) is 1.64. The Hall–Kier alpha value is -2.39. The van der Waals surface area contributed by atoms with E-state index in [4.69, 9.17) is 19.2 Å². The fourth-order valence-corrected chi connectivity index (χ4v) is 1.64. The standard InChI is InChI=1S/C21H34O9/c1-11-20(7,8)13(3)17(22)29-27-15(5)25-19(24)26-16(6)28-30-18(23)14(4)21(9,10)12-2/h15-16H,3-4,11-12H2,1-2,5-10H3. The highest BCUT2D eigenvalue weighted by Gasteiger charge is 2.29. The van der Waals surface area contributed by atoms with Crippen molar-refractivity contribution in [3.05, 3.63) is 24.3 Å². The molecule has 0 aromatic carbocycles. The van der Waals surface area contributed by atoms with Crippen molar-refractivity contribution in [1.82, 2.24) is 0 Å². The van der Waals surface area contributed by atoms with Crippen molar-refractivity contribution in [1.29, 1.82) is 0 Å². The number of hydrogen-bond donors (Lipinski definition) is 0. The van der Waals surface area contributed by atoms with Crippen LogP contribution in [0.25, 0.3) is 0 Å². The molecule has 30 heavy (non-hydrogen) atoms. The number of hydrogen-bond acceptors (Lipinski definition) is 9. The van der Waals surface area contributed by atoms with Crippen LogP contribution >= 0.6 is 0 Å². The average Bonchev–Trinajstić information content (AvgIpc) is 2.68. The molecule has 0 radical (unpaired) electrons. The van der Waals surface area contributed by atoms with Gasteiger partial charge in [0, 0.05) is 25.0 Å². The molecule has 0 aromatic heterocycles. The van der Waals surface area contributed by atoms with Gasteiger partial charge in [-0.15, -0.1) is 9.78 Å². The zero-order valence-corrected chi connectivity index (χ0v) is 19.2. The highest BCUT2D eigenvalue weighted by atomic mass is 17.2. The Morgan fingerprint density at radius 1 is 0.733 bits per heavy atom. The minimum absolute atomic E-state index is 0.219. The van der Waals surface area contributed by atoms with Crippen molar-refractivity contribution in [2.75, 3.05) is 0 Å². The molecule has 0 fully saturated rings. The van der Waals surface area contributed by atoms with Crippen LogP contribution in [-0.2, 0) is 38.6 Å². The topological polar surface area (TPSA) is 107 Å². The van der Waals surface area contributed by atoms with Gasteiger partial charge < -0.3 is 9.47 Å². The minimum Gasteiger partial charge on any atom is -0.401 e. The SMILES string of the molecule is C=C(C(=O)OOC(C)OC(=O)OC(C)OOC(=O)C(=C)C(C)(C)CC)C(C)(C)CC. The molecule has 0 amide bonds. The molecule has 9 heteroatoms. The lowest BCUT2D eigenvalue weighted by Gasteiger charge is -2.24. The van der Waals surface area contributed by atoms with Crippen LogP contribution in [0.4, 0.5) is 4.79 Å². The Bertz CT molecular complexity index is 595. The summed E-state index contributed by atoms with van der Waals surface area (Å²) in [5.41, 5.74) is -0.496. The molecule has 0 aliphatic heterocycles. The molecule has 0 aliphatic carbocycles. The van der Waals surface area contributed by atoms with E-state index in [0.717, 1.165) is 0 Å². The molecule has 0 saturated carbocycles. The molecule has 2 atom stereocenters. The third kappa shape index (κ3) is 8.96. The minimum atomic E-state index is -1.26. The second-order valence-corrected chi connectivity index (χ2v) is 7.99. The van der Waals surface area contributed by atoms with Crippen LogP contribution in [0.2, 0.25) is 0 Å². The van der Waals surface area contributed by atoms with E-state index in [1.807, 2.05) is 41.5 Å². The van der Waals surface area contributed by atoms with Crippen LogP contribution in [0.15, 0.2) is 24.3 Å².